The highest BCUT2D eigenvalue weighted by Gasteiger charge is 2.35. The summed E-state index contributed by atoms with van der Waals surface area (Å²) in [4.78, 5) is 20.2. The lowest BCUT2D eigenvalue weighted by Crippen LogP contribution is -2.39. The first kappa shape index (κ1) is 15.8. The van der Waals surface area contributed by atoms with Crippen LogP contribution in [0, 0.1) is 5.92 Å². The van der Waals surface area contributed by atoms with Gasteiger partial charge in [-0.3, -0.25) is 4.79 Å². The van der Waals surface area contributed by atoms with Gasteiger partial charge in [0.05, 0.1) is 4.88 Å². The van der Waals surface area contributed by atoms with E-state index in [1.807, 2.05) is 17.5 Å². The standard InChI is InChI=1S/C18H23N3O2S/c22-17(21-11-3-7-14(21)13-5-1-2-6-13)10-9-16-19-18(20-23-16)15-8-4-12-24-15/h4,8,12-14H,1-3,5-7,9-11H2/t14-/m1/s1. The number of carbonyl (C=O) groups is 1. The molecule has 1 saturated heterocycles. The van der Waals surface area contributed by atoms with Crippen LogP contribution in [-0.2, 0) is 11.2 Å². The lowest BCUT2D eigenvalue weighted by Gasteiger charge is -2.29. The Morgan fingerprint density at radius 3 is 2.96 bits per heavy atom. The van der Waals surface area contributed by atoms with Gasteiger partial charge in [-0.25, -0.2) is 0 Å². The van der Waals surface area contributed by atoms with Crippen molar-refractivity contribution in [1.29, 1.82) is 0 Å². The number of aromatic nitrogens is 2. The molecule has 1 aliphatic carbocycles. The highest BCUT2D eigenvalue weighted by molar-refractivity contribution is 7.13. The molecule has 2 aliphatic rings. The van der Waals surface area contributed by atoms with E-state index in [1.165, 1.54) is 32.1 Å². The van der Waals surface area contributed by atoms with E-state index in [2.05, 4.69) is 15.0 Å². The van der Waals surface area contributed by atoms with Crippen molar-refractivity contribution >= 4 is 17.2 Å². The van der Waals surface area contributed by atoms with Crippen molar-refractivity contribution in [2.24, 2.45) is 5.92 Å². The molecule has 4 rings (SSSR count). The minimum atomic E-state index is 0.250. The van der Waals surface area contributed by atoms with Gasteiger partial charge in [-0.1, -0.05) is 24.1 Å². The molecule has 6 heteroatoms. The molecule has 2 fully saturated rings. The van der Waals surface area contributed by atoms with Crippen LogP contribution >= 0.6 is 11.3 Å². The first-order valence-corrected chi connectivity index (χ1v) is 9.85. The van der Waals surface area contributed by atoms with Gasteiger partial charge in [-0.15, -0.1) is 11.3 Å². The second-order valence-electron chi connectivity index (χ2n) is 6.83. The quantitative estimate of drug-likeness (QED) is 0.824. The smallest absolute Gasteiger partial charge is 0.227 e. The van der Waals surface area contributed by atoms with E-state index in [9.17, 15) is 4.79 Å². The number of thiophene rings is 1. The van der Waals surface area contributed by atoms with Crippen molar-refractivity contribution in [1.82, 2.24) is 15.0 Å². The van der Waals surface area contributed by atoms with Crippen molar-refractivity contribution in [2.75, 3.05) is 6.54 Å². The summed E-state index contributed by atoms with van der Waals surface area (Å²) in [5.41, 5.74) is 0. The molecule has 0 N–H and O–H groups in total. The van der Waals surface area contributed by atoms with Gasteiger partial charge in [0.2, 0.25) is 17.6 Å². The molecule has 0 spiro atoms. The van der Waals surface area contributed by atoms with Crippen molar-refractivity contribution in [3.63, 3.8) is 0 Å². The van der Waals surface area contributed by atoms with Crippen LogP contribution in [0.2, 0.25) is 0 Å². The van der Waals surface area contributed by atoms with Gasteiger partial charge in [-0.2, -0.15) is 4.98 Å². The molecule has 1 atom stereocenters. The summed E-state index contributed by atoms with van der Waals surface area (Å²) in [7, 11) is 0. The number of carbonyl (C=O) groups excluding carboxylic acids is 1. The van der Waals surface area contributed by atoms with E-state index in [-0.39, 0.29) is 5.91 Å². The Balaban J connectivity index is 1.34. The Bertz CT molecular complexity index is 676. The molecule has 2 aromatic rings. The Morgan fingerprint density at radius 2 is 2.17 bits per heavy atom. The Labute approximate surface area is 146 Å². The lowest BCUT2D eigenvalue weighted by molar-refractivity contribution is -0.133. The Hall–Kier alpha value is -1.69. The molecule has 2 aromatic heterocycles. The molecule has 1 aliphatic heterocycles. The molecular weight excluding hydrogens is 322 g/mol. The minimum absolute atomic E-state index is 0.250. The normalized spacial score (nSPS) is 21.7. The van der Waals surface area contributed by atoms with Gasteiger partial charge < -0.3 is 9.42 Å². The Kier molecular flexibility index (Phi) is 4.65. The topological polar surface area (TPSA) is 59.2 Å². The van der Waals surface area contributed by atoms with Crippen LogP contribution in [0.15, 0.2) is 22.0 Å². The maximum Gasteiger partial charge on any atom is 0.227 e. The summed E-state index contributed by atoms with van der Waals surface area (Å²) in [6.45, 7) is 0.921. The third kappa shape index (κ3) is 3.24. The first-order valence-electron chi connectivity index (χ1n) is 8.97. The average molecular weight is 345 g/mol. The van der Waals surface area contributed by atoms with Crippen molar-refractivity contribution in [3.05, 3.63) is 23.4 Å². The number of hydrogen-bond acceptors (Lipinski definition) is 5. The maximum atomic E-state index is 12.7. The zero-order valence-electron chi connectivity index (χ0n) is 13.8. The summed E-state index contributed by atoms with van der Waals surface area (Å²) in [5.74, 6) is 2.16. The number of nitrogens with zero attached hydrogens (tertiary/aromatic N) is 3. The summed E-state index contributed by atoms with van der Waals surface area (Å²) < 4.78 is 5.30. The first-order chi connectivity index (χ1) is 11.8. The molecule has 0 unspecified atom stereocenters. The fourth-order valence-electron chi connectivity index (χ4n) is 4.15. The zero-order valence-corrected chi connectivity index (χ0v) is 14.6. The van der Waals surface area contributed by atoms with Crippen LogP contribution in [0.4, 0.5) is 0 Å². The van der Waals surface area contributed by atoms with E-state index in [0.717, 1.165) is 23.8 Å². The Morgan fingerprint density at radius 1 is 1.29 bits per heavy atom. The van der Waals surface area contributed by atoms with Crippen molar-refractivity contribution < 1.29 is 9.32 Å². The van der Waals surface area contributed by atoms with Crippen molar-refractivity contribution in [3.8, 4) is 10.7 Å². The number of aryl methyl sites for hydroxylation is 1. The molecule has 0 bridgehead atoms. The van der Waals surface area contributed by atoms with Gasteiger partial charge in [0.25, 0.3) is 0 Å². The van der Waals surface area contributed by atoms with Crippen LogP contribution < -0.4 is 0 Å². The van der Waals surface area contributed by atoms with E-state index in [4.69, 9.17) is 4.52 Å². The molecule has 1 amide bonds. The van der Waals surface area contributed by atoms with E-state index < -0.39 is 0 Å². The third-order valence-corrected chi connectivity index (χ3v) is 6.19. The van der Waals surface area contributed by atoms with Crippen LogP contribution in [-0.4, -0.2) is 33.5 Å². The number of likely N-dealkylation sites (tertiary alicyclic amines) is 1. The predicted molar refractivity (Wildman–Crippen MR) is 92.6 cm³/mol. The van der Waals surface area contributed by atoms with E-state index in [0.29, 0.717) is 30.6 Å². The van der Waals surface area contributed by atoms with Crippen LogP contribution in [0.25, 0.3) is 10.7 Å². The van der Waals surface area contributed by atoms with Crippen molar-refractivity contribution in [2.45, 2.75) is 57.4 Å². The molecule has 128 valence electrons. The molecule has 24 heavy (non-hydrogen) atoms. The highest BCUT2D eigenvalue weighted by atomic mass is 32.1. The SMILES string of the molecule is O=C(CCc1nc(-c2cccs2)no1)N1CCC[C@@H]1C1CCCC1. The fourth-order valence-corrected chi connectivity index (χ4v) is 4.80. The summed E-state index contributed by atoms with van der Waals surface area (Å²) in [5, 5.41) is 6.00. The zero-order chi connectivity index (χ0) is 16.4. The maximum absolute atomic E-state index is 12.7. The second-order valence-corrected chi connectivity index (χ2v) is 7.78. The monoisotopic (exact) mass is 345 g/mol. The van der Waals surface area contributed by atoms with Crippen LogP contribution in [0.3, 0.4) is 0 Å². The fraction of sp³-hybridized carbons (Fsp3) is 0.611. The number of hydrogen-bond donors (Lipinski definition) is 0. The van der Waals surface area contributed by atoms with Gasteiger partial charge in [-0.05, 0) is 43.0 Å². The molecule has 5 nitrogen and oxygen atoms in total. The van der Waals surface area contributed by atoms with E-state index in [1.54, 1.807) is 11.3 Å². The lowest BCUT2D eigenvalue weighted by atomic mass is 9.96. The highest BCUT2D eigenvalue weighted by Crippen LogP contribution is 2.35. The molecule has 1 saturated carbocycles. The molecule has 0 aromatic carbocycles. The van der Waals surface area contributed by atoms with Gasteiger partial charge in [0, 0.05) is 25.4 Å². The predicted octanol–water partition coefficient (Wildman–Crippen LogP) is 3.91. The molecular formula is C18H23N3O2S. The van der Waals surface area contributed by atoms with Gasteiger partial charge in [0.15, 0.2) is 0 Å². The number of amides is 1. The molecule has 3 heterocycles. The summed E-state index contributed by atoms with van der Waals surface area (Å²) >= 11 is 1.59. The van der Waals surface area contributed by atoms with E-state index >= 15 is 0 Å². The largest absolute Gasteiger partial charge is 0.339 e. The minimum Gasteiger partial charge on any atom is -0.339 e. The summed E-state index contributed by atoms with van der Waals surface area (Å²) in [6.07, 6.45) is 8.58. The van der Waals surface area contributed by atoms with Gasteiger partial charge in [0.1, 0.15) is 0 Å². The third-order valence-electron chi connectivity index (χ3n) is 5.33. The summed E-state index contributed by atoms with van der Waals surface area (Å²) in [6, 6.07) is 4.42. The molecule has 0 radical (unpaired) electrons. The average Bonchev–Trinajstić information content (AvgIpc) is 3.40. The van der Waals surface area contributed by atoms with Gasteiger partial charge >= 0.3 is 0 Å². The van der Waals surface area contributed by atoms with Crippen LogP contribution in [0.5, 0.6) is 0 Å². The second kappa shape index (κ2) is 7.05. The van der Waals surface area contributed by atoms with Crippen LogP contribution in [0.1, 0.15) is 50.8 Å². The number of rotatable bonds is 5.